The lowest BCUT2D eigenvalue weighted by Crippen LogP contribution is -2.33. The van der Waals surface area contributed by atoms with Crippen LogP contribution >= 0.6 is 0 Å². The van der Waals surface area contributed by atoms with Gasteiger partial charge in [-0.25, -0.2) is 0 Å². The van der Waals surface area contributed by atoms with E-state index in [2.05, 4.69) is 26.1 Å². The van der Waals surface area contributed by atoms with Gasteiger partial charge in [-0.05, 0) is 25.3 Å². The molecule has 0 saturated carbocycles. The van der Waals surface area contributed by atoms with Crippen molar-refractivity contribution in [3.05, 3.63) is 0 Å². The zero-order chi connectivity index (χ0) is 11.5. The molecule has 2 heteroatoms. The Morgan fingerprint density at radius 3 is 2.33 bits per heavy atom. The van der Waals surface area contributed by atoms with E-state index in [0.29, 0.717) is 6.04 Å². The fraction of sp³-hybridized carbons (Fsp3) is 1.00. The first-order chi connectivity index (χ1) is 7.20. The number of methoxy groups -OCH3 is 1. The fourth-order valence-electron chi connectivity index (χ4n) is 1.74. The second-order valence-electron chi connectivity index (χ2n) is 4.78. The number of unbranched alkanes of at least 4 members (excludes halogenated alkanes) is 1. The Bertz CT molecular complexity index is 126. The van der Waals surface area contributed by atoms with Gasteiger partial charge in [0.1, 0.15) is 0 Å². The largest absolute Gasteiger partial charge is 0.383 e. The Hall–Kier alpha value is -0.0800. The van der Waals surface area contributed by atoms with Gasteiger partial charge in [-0.15, -0.1) is 0 Å². The highest BCUT2D eigenvalue weighted by Gasteiger charge is 2.06. The Morgan fingerprint density at radius 1 is 1.13 bits per heavy atom. The Balaban J connectivity index is 3.47. The van der Waals surface area contributed by atoms with Crippen LogP contribution in [-0.2, 0) is 4.74 Å². The topological polar surface area (TPSA) is 21.3 Å². The molecule has 0 aliphatic rings. The third-order valence-electron chi connectivity index (χ3n) is 2.63. The Labute approximate surface area is 95.8 Å². The highest BCUT2D eigenvalue weighted by atomic mass is 16.5. The molecular formula is C13H29NO. The van der Waals surface area contributed by atoms with E-state index in [1.807, 2.05) is 0 Å². The lowest BCUT2D eigenvalue weighted by molar-refractivity contribution is 0.161. The molecule has 0 aromatic rings. The van der Waals surface area contributed by atoms with Crippen molar-refractivity contribution in [2.45, 2.75) is 58.9 Å². The molecule has 0 aromatic carbocycles. The summed E-state index contributed by atoms with van der Waals surface area (Å²) in [5.74, 6) is 0.842. The lowest BCUT2D eigenvalue weighted by Gasteiger charge is -2.17. The standard InChI is InChI=1S/C13H29NO/c1-5-10-14-13(11-15-4)9-7-6-8-12(2)3/h12-14H,5-11H2,1-4H3. The summed E-state index contributed by atoms with van der Waals surface area (Å²) in [6.45, 7) is 8.75. The molecule has 0 spiro atoms. The molecule has 0 aromatic heterocycles. The second kappa shape index (κ2) is 10.4. The molecule has 0 aliphatic heterocycles. The van der Waals surface area contributed by atoms with Gasteiger partial charge < -0.3 is 10.1 Å². The minimum absolute atomic E-state index is 0.558. The number of rotatable bonds is 10. The highest BCUT2D eigenvalue weighted by molar-refractivity contribution is 4.65. The molecule has 1 unspecified atom stereocenters. The molecule has 0 bridgehead atoms. The molecule has 0 rings (SSSR count). The minimum Gasteiger partial charge on any atom is -0.383 e. The monoisotopic (exact) mass is 215 g/mol. The normalized spacial score (nSPS) is 13.4. The van der Waals surface area contributed by atoms with Crippen molar-refractivity contribution in [1.82, 2.24) is 5.32 Å². The van der Waals surface area contributed by atoms with Crippen LogP contribution in [0.5, 0.6) is 0 Å². The smallest absolute Gasteiger partial charge is 0.0615 e. The van der Waals surface area contributed by atoms with Crippen molar-refractivity contribution in [2.75, 3.05) is 20.3 Å². The van der Waals surface area contributed by atoms with Gasteiger partial charge in [-0.2, -0.15) is 0 Å². The molecule has 2 nitrogen and oxygen atoms in total. The summed E-state index contributed by atoms with van der Waals surface area (Å²) in [4.78, 5) is 0. The van der Waals surface area contributed by atoms with E-state index >= 15 is 0 Å². The summed E-state index contributed by atoms with van der Waals surface area (Å²) in [7, 11) is 1.79. The van der Waals surface area contributed by atoms with E-state index in [1.54, 1.807) is 7.11 Å². The number of hydrogen-bond acceptors (Lipinski definition) is 2. The molecule has 0 fully saturated rings. The molecule has 1 atom stereocenters. The summed E-state index contributed by atoms with van der Waals surface area (Å²) >= 11 is 0. The van der Waals surface area contributed by atoms with Crippen LogP contribution < -0.4 is 5.32 Å². The third-order valence-corrected chi connectivity index (χ3v) is 2.63. The third kappa shape index (κ3) is 10.2. The van der Waals surface area contributed by atoms with Gasteiger partial charge in [0.25, 0.3) is 0 Å². The molecule has 0 aliphatic carbocycles. The maximum atomic E-state index is 5.22. The molecule has 1 N–H and O–H groups in total. The molecule has 0 amide bonds. The SMILES string of the molecule is CCCNC(CCCCC(C)C)COC. The van der Waals surface area contributed by atoms with Gasteiger partial charge in [-0.1, -0.05) is 40.0 Å². The van der Waals surface area contributed by atoms with E-state index in [-0.39, 0.29) is 0 Å². The fourth-order valence-corrected chi connectivity index (χ4v) is 1.74. The summed E-state index contributed by atoms with van der Waals surface area (Å²) in [6.07, 6.45) is 6.48. The van der Waals surface area contributed by atoms with Crippen molar-refractivity contribution >= 4 is 0 Å². The van der Waals surface area contributed by atoms with Crippen LogP contribution in [0, 0.1) is 5.92 Å². The minimum atomic E-state index is 0.558. The molecule has 0 heterocycles. The first-order valence-corrected chi connectivity index (χ1v) is 6.43. The van der Waals surface area contributed by atoms with Crippen LogP contribution in [0.25, 0.3) is 0 Å². The van der Waals surface area contributed by atoms with Gasteiger partial charge in [0.2, 0.25) is 0 Å². The second-order valence-corrected chi connectivity index (χ2v) is 4.78. The maximum absolute atomic E-state index is 5.22. The summed E-state index contributed by atoms with van der Waals surface area (Å²) < 4.78 is 5.22. The van der Waals surface area contributed by atoms with Crippen LogP contribution in [0.4, 0.5) is 0 Å². The lowest BCUT2D eigenvalue weighted by atomic mass is 10.0. The summed E-state index contributed by atoms with van der Waals surface area (Å²) in [5.41, 5.74) is 0. The quantitative estimate of drug-likeness (QED) is 0.565. The van der Waals surface area contributed by atoms with Crippen molar-refractivity contribution in [1.29, 1.82) is 0 Å². The Kier molecular flexibility index (Phi) is 10.4. The average Bonchev–Trinajstić information content (AvgIpc) is 2.20. The molecule has 0 radical (unpaired) electrons. The van der Waals surface area contributed by atoms with Crippen LogP contribution in [0.2, 0.25) is 0 Å². The summed E-state index contributed by atoms with van der Waals surface area (Å²) in [6, 6.07) is 0.558. The van der Waals surface area contributed by atoms with Gasteiger partial charge in [-0.3, -0.25) is 0 Å². The summed E-state index contributed by atoms with van der Waals surface area (Å²) in [5, 5.41) is 3.53. The van der Waals surface area contributed by atoms with Crippen molar-refractivity contribution < 1.29 is 4.74 Å². The maximum Gasteiger partial charge on any atom is 0.0615 e. The van der Waals surface area contributed by atoms with Gasteiger partial charge in [0.15, 0.2) is 0 Å². The van der Waals surface area contributed by atoms with E-state index in [1.165, 1.54) is 32.1 Å². The average molecular weight is 215 g/mol. The first-order valence-electron chi connectivity index (χ1n) is 6.43. The van der Waals surface area contributed by atoms with Crippen LogP contribution in [0.3, 0.4) is 0 Å². The van der Waals surface area contributed by atoms with E-state index in [4.69, 9.17) is 4.74 Å². The molecule has 92 valence electrons. The zero-order valence-electron chi connectivity index (χ0n) is 11.0. The van der Waals surface area contributed by atoms with Crippen molar-refractivity contribution in [3.63, 3.8) is 0 Å². The van der Waals surface area contributed by atoms with Crippen molar-refractivity contribution in [2.24, 2.45) is 5.92 Å². The molecular weight excluding hydrogens is 186 g/mol. The van der Waals surface area contributed by atoms with Crippen LogP contribution in [-0.4, -0.2) is 26.3 Å². The number of ether oxygens (including phenoxy) is 1. The molecule has 0 saturated heterocycles. The number of hydrogen-bond donors (Lipinski definition) is 1. The van der Waals surface area contributed by atoms with E-state index < -0.39 is 0 Å². The van der Waals surface area contributed by atoms with Gasteiger partial charge in [0, 0.05) is 13.2 Å². The molecule has 15 heavy (non-hydrogen) atoms. The van der Waals surface area contributed by atoms with Crippen LogP contribution in [0.15, 0.2) is 0 Å². The van der Waals surface area contributed by atoms with Crippen LogP contribution in [0.1, 0.15) is 52.9 Å². The Morgan fingerprint density at radius 2 is 1.80 bits per heavy atom. The van der Waals surface area contributed by atoms with Crippen molar-refractivity contribution in [3.8, 4) is 0 Å². The van der Waals surface area contributed by atoms with E-state index in [0.717, 1.165) is 19.1 Å². The zero-order valence-corrected chi connectivity index (χ0v) is 11.0. The van der Waals surface area contributed by atoms with E-state index in [9.17, 15) is 0 Å². The van der Waals surface area contributed by atoms with Gasteiger partial charge >= 0.3 is 0 Å². The predicted octanol–water partition coefficient (Wildman–Crippen LogP) is 3.22. The highest BCUT2D eigenvalue weighted by Crippen LogP contribution is 2.09. The first kappa shape index (κ1) is 14.9. The van der Waals surface area contributed by atoms with Gasteiger partial charge in [0.05, 0.1) is 6.61 Å². The predicted molar refractivity (Wildman–Crippen MR) is 67.3 cm³/mol. The number of nitrogens with one attached hydrogen (secondary N) is 1.